The summed E-state index contributed by atoms with van der Waals surface area (Å²) in [4.78, 5) is 0. The molecule has 0 saturated heterocycles. The maximum atomic E-state index is 11.5. The zero-order chi connectivity index (χ0) is 12.7. The van der Waals surface area contributed by atoms with Crippen LogP contribution in [0.15, 0.2) is 0 Å². The van der Waals surface area contributed by atoms with Crippen molar-refractivity contribution in [1.82, 2.24) is 4.72 Å². The van der Waals surface area contributed by atoms with E-state index in [0.29, 0.717) is 6.61 Å². The van der Waals surface area contributed by atoms with Crippen molar-refractivity contribution in [3.8, 4) is 0 Å². The van der Waals surface area contributed by atoms with E-state index in [2.05, 4.69) is 4.72 Å². The quantitative estimate of drug-likeness (QED) is 0.584. The molecule has 0 spiro atoms. The first-order valence-electron chi connectivity index (χ1n) is 5.73. The van der Waals surface area contributed by atoms with Gasteiger partial charge in [-0.05, 0) is 19.8 Å². The fourth-order valence-electron chi connectivity index (χ4n) is 1.14. The number of nitrogens with two attached hydrogens (primary N) is 1. The summed E-state index contributed by atoms with van der Waals surface area (Å²) in [7, 11) is -3.26. The Bertz CT molecular complexity index is 274. The topological polar surface area (TPSA) is 81.4 Å². The van der Waals surface area contributed by atoms with Crippen LogP contribution in [0.1, 0.15) is 33.6 Å². The Labute approximate surface area is 98.8 Å². The standard InChI is InChI=1S/C10H24N2O3S/c1-4-10(11,5-2)9-12-16(13,14)8-7-15-6-3/h12H,4-9,11H2,1-3H3. The van der Waals surface area contributed by atoms with Gasteiger partial charge in [-0.25, -0.2) is 13.1 Å². The Morgan fingerprint density at radius 2 is 1.81 bits per heavy atom. The van der Waals surface area contributed by atoms with Crippen LogP contribution in [-0.4, -0.2) is 39.5 Å². The molecule has 0 saturated carbocycles. The lowest BCUT2D eigenvalue weighted by Gasteiger charge is -2.26. The molecule has 3 N–H and O–H groups in total. The summed E-state index contributed by atoms with van der Waals surface area (Å²) in [6, 6.07) is 0. The molecular formula is C10H24N2O3S. The highest BCUT2D eigenvalue weighted by Gasteiger charge is 2.22. The van der Waals surface area contributed by atoms with Crippen molar-refractivity contribution in [1.29, 1.82) is 0 Å². The fourth-order valence-corrected chi connectivity index (χ4v) is 2.13. The van der Waals surface area contributed by atoms with Gasteiger partial charge in [0.25, 0.3) is 0 Å². The molecule has 0 aromatic heterocycles. The molecule has 0 heterocycles. The molecule has 6 heteroatoms. The molecule has 0 aliphatic rings. The van der Waals surface area contributed by atoms with Gasteiger partial charge in [0.2, 0.25) is 10.0 Å². The molecule has 0 unspecified atom stereocenters. The molecule has 0 aromatic carbocycles. The van der Waals surface area contributed by atoms with Gasteiger partial charge in [-0.1, -0.05) is 13.8 Å². The fraction of sp³-hybridized carbons (Fsp3) is 1.00. The number of rotatable bonds is 9. The van der Waals surface area contributed by atoms with Crippen molar-refractivity contribution in [2.75, 3.05) is 25.5 Å². The Kier molecular flexibility index (Phi) is 7.14. The first kappa shape index (κ1) is 15.8. The third-order valence-electron chi connectivity index (χ3n) is 2.75. The maximum absolute atomic E-state index is 11.5. The molecule has 98 valence electrons. The maximum Gasteiger partial charge on any atom is 0.213 e. The minimum Gasteiger partial charge on any atom is -0.381 e. The largest absolute Gasteiger partial charge is 0.381 e. The van der Waals surface area contributed by atoms with E-state index in [1.807, 2.05) is 20.8 Å². The summed E-state index contributed by atoms with van der Waals surface area (Å²) in [5, 5.41) is 0. The van der Waals surface area contributed by atoms with Crippen molar-refractivity contribution in [2.24, 2.45) is 5.73 Å². The zero-order valence-corrected chi connectivity index (χ0v) is 11.3. The monoisotopic (exact) mass is 252 g/mol. The molecule has 0 aliphatic heterocycles. The van der Waals surface area contributed by atoms with Crippen LogP contribution < -0.4 is 10.5 Å². The molecule has 0 aromatic rings. The summed E-state index contributed by atoms with van der Waals surface area (Å²) in [6.45, 7) is 6.78. The number of hydrogen-bond donors (Lipinski definition) is 2. The van der Waals surface area contributed by atoms with Gasteiger partial charge in [0, 0.05) is 18.7 Å². The van der Waals surface area contributed by atoms with E-state index < -0.39 is 15.6 Å². The number of sulfonamides is 1. The average molecular weight is 252 g/mol. The van der Waals surface area contributed by atoms with Crippen LogP contribution in [0.25, 0.3) is 0 Å². The van der Waals surface area contributed by atoms with E-state index >= 15 is 0 Å². The van der Waals surface area contributed by atoms with E-state index in [9.17, 15) is 8.42 Å². The van der Waals surface area contributed by atoms with E-state index in [1.165, 1.54) is 0 Å². The normalized spacial score (nSPS) is 13.0. The molecular weight excluding hydrogens is 228 g/mol. The van der Waals surface area contributed by atoms with E-state index in [-0.39, 0.29) is 18.9 Å². The second kappa shape index (κ2) is 7.21. The highest BCUT2D eigenvalue weighted by atomic mass is 32.2. The van der Waals surface area contributed by atoms with Gasteiger partial charge in [-0.15, -0.1) is 0 Å². The molecule has 16 heavy (non-hydrogen) atoms. The number of ether oxygens (including phenoxy) is 1. The molecule has 0 rings (SSSR count). The highest BCUT2D eigenvalue weighted by molar-refractivity contribution is 7.89. The van der Waals surface area contributed by atoms with Crippen LogP contribution in [0.5, 0.6) is 0 Å². The highest BCUT2D eigenvalue weighted by Crippen LogP contribution is 2.09. The third kappa shape index (κ3) is 6.42. The Morgan fingerprint density at radius 3 is 2.25 bits per heavy atom. The van der Waals surface area contributed by atoms with Crippen LogP contribution in [0.4, 0.5) is 0 Å². The minimum atomic E-state index is -3.26. The molecule has 0 amide bonds. The predicted octanol–water partition coefficient (Wildman–Crippen LogP) is 0.460. The second-order valence-electron chi connectivity index (χ2n) is 3.91. The van der Waals surface area contributed by atoms with Crippen molar-refractivity contribution in [3.63, 3.8) is 0 Å². The Balaban J connectivity index is 4.07. The van der Waals surface area contributed by atoms with Crippen molar-refractivity contribution in [2.45, 2.75) is 39.2 Å². The lowest BCUT2D eigenvalue weighted by atomic mass is 9.95. The first-order valence-corrected chi connectivity index (χ1v) is 7.38. The lowest BCUT2D eigenvalue weighted by Crippen LogP contribution is -2.49. The molecule has 5 nitrogen and oxygen atoms in total. The summed E-state index contributed by atoms with van der Waals surface area (Å²) in [5.41, 5.74) is 5.55. The van der Waals surface area contributed by atoms with Gasteiger partial charge in [0.05, 0.1) is 12.4 Å². The van der Waals surface area contributed by atoms with Crippen molar-refractivity contribution < 1.29 is 13.2 Å². The lowest BCUT2D eigenvalue weighted by molar-refractivity contribution is 0.163. The van der Waals surface area contributed by atoms with Crippen LogP contribution in [0.2, 0.25) is 0 Å². The summed E-state index contributed by atoms with van der Waals surface area (Å²) in [6.07, 6.45) is 1.50. The van der Waals surface area contributed by atoms with Crippen LogP contribution in [0, 0.1) is 0 Å². The zero-order valence-electron chi connectivity index (χ0n) is 10.5. The third-order valence-corrected chi connectivity index (χ3v) is 4.04. The summed E-state index contributed by atoms with van der Waals surface area (Å²) < 4.78 is 30.6. The molecule has 0 radical (unpaired) electrons. The minimum absolute atomic E-state index is 0.00957. The number of hydrogen-bond acceptors (Lipinski definition) is 4. The van der Waals surface area contributed by atoms with Gasteiger partial charge < -0.3 is 10.5 Å². The van der Waals surface area contributed by atoms with Gasteiger partial charge in [-0.3, -0.25) is 0 Å². The molecule has 0 bridgehead atoms. The van der Waals surface area contributed by atoms with Crippen molar-refractivity contribution in [3.05, 3.63) is 0 Å². The molecule has 0 atom stereocenters. The Morgan fingerprint density at radius 1 is 1.25 bits per heavy atom. The molecule has 0 aliphatic carbocycles. The van der Waals surface area contributed by atoms with Gasteiger partial charge >= 0.3 is 0 Å². The first-order chi connectivity index (χ1) is 7.39. The van der Waals surface area contributed by atoms with Crippen LogP contribution >= 0.6 is 0 Å². The van der Waals surface area contributed by atoms with Crippen LogP contribution in [-0.2, 0) is 14.8 Å². The van der Waals surface area contributed by atoms with Gasteiger partial charge in [0.15, 0.2) is 0 Å². The van der Waals surface area contributed by atoms with Crippen LogP contribution in [0.3, 0.4) is 0 Å². The van der Waals surface area contributed by atoms with Crippen molar-refractivity contribution >= 4 is 10.0 Å². The second-order valence-corrected chi connectivity index (χ2v) is 5.83. The van der Waals surface area contributed by atoms with E-state index in [4.69, 9.17) is 10.5 Å². The molecule has 0 fully saturated rings. The number of nitrogens with one attached hydrogen (secondary N) is 1. The average Bonchev–Trinajstić information content (AvgIpc) is 2.26. The van der Waals surface area contributed by atoms with Gasteiger partial charge in [0.1, 0.15) is 0 Å². The predicted molar refractivity (Wildman–Crippen MR) is 65.8 cm³/mol. The smallest absolute Gasteiger partial charge is 0.213 e. The van der Waals surface area contributed by atoms with Gasteiger partial charge in [-0.2, -0.15) is 0 Å². The Hall–Kier alpha value is -0.170. The van der Waals surface area contributed by atoms with E-state index in [0.717, 1.165) is 12.8 Å². The van der Waals surface area contributed by atoms with E-state index in [1.54, 1.807) is 0 Å². The summed E-state index contributed by atoms with van der Waals surface area (Å²) in [5.74, 6) is -0.00957. The SMILES string of the molecule is CCOCCS(=O)(=O)NCC(N)(CC)CC. The summed E-state index contributed by atoms with van der Waals surface area (Å²) >= 11 is 0.